The van der Waals surface area contributed by atoms with Gasteiger partial charge in [0.15, 0.2) is 5.43 Å². The zero-order chi connectivity index (χ0) is 21.0. The second kappa shape index (κ2) is 7.07. The highest BCUT2D eigenvalue weighted by Gasteiger charge is 2.44. The summed E-state index contributed by atoms with van der Waals surface area (Å²) in [6, 6.07) is 15.5. The maximum absolute atomic E-state index is 13.5. The fourth-order valence-corrected chi connectivity index (χ4v) is 4.17. The topological polar surface area (TPSA) is 63.4 Å². The van der Waals surface area contributed by atoms with E-state index < -0.39 is 11.9 Å². The van der Waals surface area contributed by atoms with Gasteiger partial charge in [0.1, 0.15) is 11.4 Å². The molecule has 1 unspecified atom stereocenters. The van der Waals surface area contributed by atoms with Crippen LogP contribution in [-0.2, 0) is 0 Å². The van der Waals surface area contributed by atoms with Crippen LogP contribution >= 0.6 is 27.5 Å². The average Bonchev–Trinajstić information content (AvgIpc) is 3.03. The van der Waals surface area contributed by atoms with Gasteiger partial charge in [-0.25, -0.2) is 4.98 Å². The van der Waals surface area contributed by atoms with Crippen LogP contribution < -0.4 is 10.3 Å². The zero-order valence-electron chi connectivity index (χ0n) is 15.7. The van der Waals surface area contributed by atoms with Gasteiger partial charge in [0, 0.05) is 10.7 Å². The monoisotopic (exact) mass is 480 g/mol. The molecule has 3 heterocycles. The van der Waals surface area contributed by atoms with Crippen molar-refractivity contribution in [3.8, 4) is 0 Å². The lowest BCUT2D eigenvalue weighted by Gasteiger charge is -2.24. The molecule has 7 heteroatoms. The predicted octanol–water partition coefficient (Wildman–Crippen LogP) is 5.66. The lowest BCUT2D eigenvalue weighted by atomic mass is 9.98. The molecule has 0 aliphatic carbocycles. The first-order valence-electron chi connectivity index (χ1n) is 9.22. The quantitative estimate of drug-likeness (QED) is 0.370. The fraction of sp³-hybridized carbons (Fsp3) is 0.0870. The highest BCUT2D eigenvalue weighted by molar-refractivity contribution is 9.10. The molecule has 4 aromatic rings. The molecular formula is C23H14BrClN2O3. The SMILES string of the molecule is Cc1ccc2oc3c(c(=O)c2c1)C(c1ccc(Br)cc1)N(c1ccc(Cl)cn1)C3=O. The number of fused-ring (bicyclic) bond motifs is 2. The molecular weight excluding hydrogens is 468 g/mol. The van der Waals surface area contributed by atoms with Gasteiger partial charge in [-0.3, -0.25) is 14.5 Å². The summed E-state index contributed by atoms with van der Waals surface area (Å²) in [6.45, 7) is 1.91. The van der Waals surface area contributed by atoms with Gasteiger partial charge >= 0.3 is 0 Å². The molecule has 1 amide bonds. The van der Waals surface area contributed by atoms with E-state index in [-0.39, 0.29) is 11.2 Å². The molecule has 1 atom stereocenters. The van der Waals surface area contributed by atoms with E-state index in [0.29, 0.717) is 27.4 Å². The number of nitrogens with zero attached hydrogens (tertiary/aromatic N) is 2. The Morgan fingerprint density at radius 2 is 1.83 bits per heavy atom. The summed E-state index contributed by atoms with van der Waals surface area (Å²) in [5.41, 5.74) is 2.21. The van der Waals surface area contributed by atoms with Crippen molar-refractivity contribution in [2.24, 2.45) is 0 Å². The number of aromatic nitrogens is 1. The zero-order valence-corrected chi connectivity index (χ0v) is 18.1. The minimum absolute atomic E-state index is 0.0426. The molecule has 0 N–H and O–H groups in total. The molecule has 0 saturated heterocycles. The van der Waals surface area contributed by atoms with Gasteiger partial charge in [-0.05, 0) is 48.9 Å². The number of rotatable bonds is 2. The summed E-state index contributed by atoms with van der Waals surface area (Å²) in [7, 11) is 0. The summed E-state index contributed by atoms with van der Waals surface area (Å²) in [5, 5.41) is 0.910. The number of carbonyl (C=O) groups excluding carboxylic acids is 1. The van der Waals surface area contributed by atoms with Crippen LogP contribution in [0.25, 0.3) is 11.0 Å². The van der Waals surface area contributed by atoms with Gasteiger partial charge in [0.2, 0.25) is 5.76 Å². The van der Waals surface area contributed by atoms with Crippen LogP contribution in [0.5, 0.6) is 0 Å². The summed E-state index contributed by atoms with van der Waals surface area (Å²) in [6.07, 6.45) is 1.47. The number of benzene rings is 2. The summed E-state index contributed by atoms with van der Waals surface area (Å²) in [5.74, 6) is 0.0247. The Balaban J connectivity index is 1.81. The molecule has 5 rings (SSSR count). The van der Waals surface area contributed by atoms with Crippen LogP contribution in [0, 0.1) is 6.92 Å². The minimum Gasteiger partial charge on any atom is -0.450 e. The van der Waals surface area contributed by atoms with E-state index in [1.165, 1.54) is 11.1 Å². The van der Waals surface area contributed by atoms with Crippen LogP contribution in [-0.4, -0.2) is 10.9 Å². The van der Waals surface area contributed by atoms with Crippen molar-refractivity contribution in [2.45, 2.75) is 13.0 Å². The van der Waals surface area contributed by atoms with Crippen molar-refractivity contribution in [1.82, 2.24) is 4.98 Å². The van der Waals surface area contributed by atoms with Gasteiger partial charge in [0.25, 0.3) is 5.91 Å². The normalized spacial score (nSPS) is 15.6. The van der Waals surface area contributed by atoms with E-state index in [2.05, 4.69) is 20.9 Å². The molecule has 5 nitrogen and oxygen atoms in total. The van der Waals surface area contributed by atoms with Gasteiger partial charge in [-0.2, -0.15) is 0 Å². The summed E-state index contributed by atoms with van der Waals surface area (Å²) in [4.78, 5) is 32.7. The second-order valence-corrected chi connectivity index (χ2v) is 8.49. The maximum Gasteiger partial charge on any atom is 0.296 e. The Morgan fingerprint density at radius 3 is 2.53 bits per heavy atom. The van der Waals surface area contributed by atoms with Crippen molar-refractivity contribution in [1.29, 1.82) is 0 Å². The van der Waals surface area contributed by atoms with E-state index in [4.69, 9.17) is 16.0 Å². The number of carbonyl (C=O) groups is 1. The van der Waals surface area contributed by atoms with Gasteiger partial charge in [-0.1, -0.05) is 51.3 Å². The fourth-order valence-electron chi connectivity index (χ4n) is 3.79. The van der Waals surface area contributed by atoms with Gasteiger partial charge in [-0.15, -0.1) is 0 Å². The van der Waals surface area contributed by atoms with Crippen LogP contribution in [0.15, 0.2) is 74.5 Å². The van der Waals surface area contributed by atoms with Gasteiger partial charge in [0.05, 0.1) is 22.0 Å². The van der Waals surface area contributed by atoms with Crippen molar-refractivity contribution in [3.05, 3.63) is 103 Å². The van der Waals surface area contributed by atoms with Crippen LogP contribution in [0.2, 0.25) is 5.02 Å². The smallest absolute Gasteiger partial charge is 0.296 e. The van der Waals surface area contributed by atoms with Gasteiger partial charge < -0.3 is 4.42 Å². The molecule has 148 valence electrons. The number of hydrogen-bond acceptors (Lipinski definition) is 4. The Labute approximate surface area is 185 Å². The maximum atomic E-state index is 13.5. The molecule has 30 heavy (non-hydrogen) atoms. The molecule has 0 radical (unpaired) electrons. The number of aryl methyl sites for hydroxylation is 1. The first kappa shape index (κ1) is 19.0. The Bertz CT molecular complexity index is 1360. The highest BCUT2D eigenvalue weighted by atomic mass is 79.9. The minimum atomic E-state index is -0.657. The van der Waals surface area contributed by atoms with Crippen LogP contribution in [0.3, 0.4) is 0 Å². The lowest BCUT2D eigenvalue weighted by molar-refractivity contribution is 0.0970. The van der Waals surface area contributed by atoms with E-state index in [0.717, 1.165) is 15.6 Å². The Hall–Kier alpha value is -2.96. The number of pyridine rings is 1. The van der Waals surface area contributed by atoms with Crippen molar-refractivity contribution < 1.29 is 9.21 Å². The number of hydrogen-bond donors (Lipinski definition) is 0. The number of halogens is 2. The Kier molecular flexibility index (Phi) is 4.49. The largest absolute Gasteiger partial charge is 0.450 e. The van der Waals surface area contributed by atoms with E-state index >= 15 is 0 Å². The van der Waals surface area contributed by atoms with Crippen LogP contribution in [0.4, 0.5) is 5.82 Å². The number of anilines is 1. The standard InChI is InChI=1S/C23H14BrClN2O3/c1-12-2-8-17-16(10-12)21(28)19-20(13-3-5-14(24)6-4-13)27(23(29)22(19)30-17)18-9-7-15(25)11-26-18/h2-11,20H,1H3. The lowest BCUT2D eigenvalue weighted by Crippen LogP contribution is -2.30. The molecule has 1 aliphatic heterocycles. The summed E-state index contributed by atoms with van der Waals surface area (Å²) >= 11 is 9.42. The summed E-state index contributed by atoms with van der Waals surface area (Å²) < 4.78 is 6.85. The molecule has 2 aromatic heterocycles. The van der Waals surface area contributed by atoms with Crippen molar-refractivity contribution in [3.63, 3.8) is 0 Å². The second-order valence-electron chi connectivity index (χ2n) is 7.14. The Morgan fingerprint density at radius 1 is 1.07 bits per heavy atom. The molecule has 0 bridgehead atoms. The predicted molar refractivity (Wildman–Crippen MR) is 119 cm³/mol. The highest BCUT2D eigenvalue weighted by Crippen LogP contribution is 2.40. The first-order valence-corrected chi connectivity index (χ1v) is 10.4. The average molecular weight is 482 g/mol. The van der Waals surface area contributed by atoms with Crippen molar-refractivity contribution in [2.75, 3.05) is 4.90 Å². The first-order chi connectivity index (χ1) is 14.4. The van der Waals surface area contributed by atoms with Crippen LogP contribution in [0.1, 0.15) is 33.3 Å². The molecule has 0 fully saturated rings. The molecule has 2 aromatic carbocycles. The van der Waals surface area contributed by atoms with Crippen molar-refractivity contribution >= 4 is 50.2 Å². The molecule has 1 aliphatic rings. The van der Waals surface area contributed by atoms with E-state index in [9.17, 15) is 9.59 Å². The molecule has 0 spiro atoms. The molecule has 0 saturated carbocycles. The third-order valence-corrected chi connectivity index (χ3v) is 5.92. The number of amides is 1. The third-order valence-electron chi connectivity index (χ3n) is 5.17. The third kappa shape index (κ3) is 2.95. The van der Waals surface area contributed by atoms with E-state index in [1.54, 1.807) is 24.3 Å². The van der Waals surface area contributed by atoms with E-state index in [1.807, 2.05) is 37.3 Å².